The van der Waals surface area contributed by atoms with Crippen molar-refractivity contribution in [3.8, 4) is 0 Å². The Labute approximate surface area is 44.2 Å². The van der Waals surface area contributed by atoms with Crippen LogP contribution < -0.4 is 5.73 Å². The van der Waals surface area contributed by atoms with E-state index in [2.05, 4.69) is 19.1 Å². The molecule has 1 aliphatic carbocycles. The molecule has 1 rings (SSSR count). The van der Waals surface area contributed by atoms with Gasteiger partial charge in [0.1, 0.15) is 0 Å². The Hall–Kier alpha value is -0.300. The molecule has 0 saturated heterocycles. The summed E-state index contributed by atoms with van der Waals surface area (Å²) in [5, 5.41) is 0. The summed E-state index contributed by atoms with van der Waals surface area (Å²) >= 11 is 0. The van der Waals surface area contributed by atoms with Crippen molar-refractivity contribution in [2.24, 2.45) is 11.7 Å². The van der Waals surface area contributed by atoms with Gasteiger partial charge in [0, 0.05) is 6.04 Å². The third-order valence-corrected chi connectivity index (χ3v) is 1.52. The molecule has 0 aromatic carbocycles. The van der Waals surface area contributed by atoms with E-state index in [0.717, 1.165) is 6.42 Å². The molecule has 0 radical (unpaired) electrons. The van der Waals surface area contributed by atoms with Crippen molar-refractivity contribution < 1.29 is 0 Å². The van der Waals surface area contributed by atoms with E-state index in [9.17, 15) is 0 Å². The molecule has 0 aromatic rings. The van der Waals surface area contributed by atoms with Crippen LogP contribution in [0.4, 0.5) is 0 Å². The highest BCUT2D eigenvalue weighted by atomic mass is 14.6. The summed E-state index contributed by atoms with van der Waals surface area (Å²) in [5.41, 5.74) is 5.62. The Balaban J connectivity index is 2.45. The van der Waals surface area contributed by atoms with Crippen LogP contribution in [0.25, 0.3) is 0 Å². The molecule has 1 nitrogen and oxygen atoms in total. The second kappa shape index (κ2) is 1.66. The van der Waals surface area contributed by atoms with Gasteiger partial charge in [-0.3, -0.25) is 0 Å². The van der Waals surface area contributed by atoms with Crippen molar-refractivity contribution in [2.75, 3.05) is 0 Å². The number of hydrogen-bond donors (Lipinski definition) is 1. The lowest BCUT2D eigenvalue weighted by atomic mass is 10.1. The van der Waals surface area contributed by atoms with Gasteiger partial charge in [-0.05, 0) is 12.3 Å². The van der Waals surface area contributed by atoms with Gasteiger partial charge >= 0.3 is 0 Å². The van der Waals surface area contributed by atoms with Gasteiger partial charge in [0.15, 0.2) is 0 Å². The van der Waals surface area contributed by atoms with Gasteiger partial charge in [0.2, 0.25) is 0 Å². The maximum atomic E-state index is 5.62. The molecule has 1 aliphatic rings. The predicted molar refractivity (Wildman–Crippen MR) is 30.9 cm³/mol. The molecule has 1 heteroatoms. The van der Waals surface area contributed by atoms with Crippen LogP contribution in [0, 0.1) is 5.92 Å². The first kappa shape index (κ1) is 4.85. The van der Waals surface area contributed by atoms with Crippen LogP contribution in [0.2, 0.25) is 0 Å². The SMILES string of the molecule is CC1C=CCC1N. The predicted octanol–water partition coefficient (Wildman–Crippen LogP) is 0.910. The normalized spacial score (nSPS) is 39.7. The summed E-state index contributed by atoms with van der Waals surface area (Å²) in [6.45, 7) is 2.15. The van der Waals surface area contributed by atoms with E-state index in [-0.39, 0.29) is 0 Å². The lowest BCUT2D eigenvalue weighted by molar-refractivity contribution is 0.579. The van der Waals surface area contributed by atoms with Gasteiger partial charge in [-0.1, -0.05) is 19.1 Å². The first-order valence-corrected chi connectivity index (χ1v) is 2.73. The van der Waals surface area contributed by atoms with Crippen LogP contribution in [0.1, 0.15) is 13.3 Å². The molecule has 7 heavy (non-hydrogen) atoms. The van der Waals surface area contributed by atoms with E-state index in [1.165, 1.54) is 0 Å². The molecule has 0 fully saturated rings. The van der Waals surface area contributed by atoms with Crippen LogP contribution in [0.5, 0.6) is 0 Å². The minimum Gasteiger partial charge on any atom is -0.327 e. The lowest BCUT2D eigenvalue weighted by Gasteiger charge is -2.05. The van der Waals surface area contributed by atoms with Crippen molar-refractivity contribution >= 4 is 0 Å². The Morgan fingerprint density at radius 3 is 2.57 bits per heavy atom. The number of hydrogen-bond acceptors (Lipinski definition) is 1. The average molecular weight is 97.2 g/mol. The zero-order valence-corrected chi connectivity index (χ0v) is 4.59. The van der Waals surface area contributed by atoms with Gasteiger partial charge in [-0.25, -0.2) is 0 Å². The quantitative estimate of drug-likeness (QED) is 0.447. The Morgan fingerprint density at radius 2 is 2.43 bits per heavy atom. The minimum atomic E-state index is 0.403. The zero-order chi connectivity index (χ0) is 5.28. The molecule has 0 aliphatic heterocycles. The number of rotatable bonds is 0. The highest BCUT2D eigenvalue weighted by Gasteiger charge is 2.11. The molecule has 0 bridgehead atoms. The molecule has 2 N–H and O–H groups in total. The van der Waals surface area contributed by atoms with Gasteiger partial charge in [0.05, 0.1) is 0 Å². The van der Waals surface area contributed by atoms with Gasteiger partial charge in [0.25, 0.3) is 0 Å². The van der Waals surface area contributed by atoms with Crippen molar-refractivity contribution in [2.45, 2.75) is 19.4 Å². The summed E-state index contributed by atoms with van der Waals surface area (Å²) in [4.78, 5) is 0. The van der Waals surface area contributed by atoms with Crippen LogP contribution in [0.15, 0.2) is 12.2 Å². The standard InChI is InChI=1S/C6H11N/c1-5-3-2-4-6(5)7/h2-3,5-6H,4,7H2,1H3. The minimum absolute atomic E-state index is 0.403. The van der Waals surface area contributed by atoms with Crippen LogP contribution in [-0.4, -0.2) is 6.04 Å². The first-order valence-electron chi connectivity index (χ1n) is 2.73. The molecular formula is C6H11N. The van der Waals surface area contributed by atoms with Crippen molar-refractivity contribution in [3.63, 3.8) is 0 Å². The summed E-state index contributed by atoms with van der Waals surface area (Å²) in [5.74, 6) is 0.611. The zero-order valence-electron chi connectivity index (χ0n) is 4.59. The molecule has 0 spiro atoms. The summed E-state index contributed by atoms with van der Waals surface area (Å²) < 4.78 is 0. The summed E-state index contributed by atoms with van der Waals surface area (Å²) in [6, 6.07) is 0.403. The van der Waals surface area contributed by atoms with Crippen LogP contribution in [0.3, 0.4) is 0 Å². The highest BCUT2D eigenvalue weighted by Crippen LogP contribution is 2.13. The van der Waals surface area contributed by atoms with Crippen molar-refractivity contribution in [1.82, 2.24) is 0 Å². The van der Waals surface area contributed by atoms with Crippen molar-refractivity contribution in [1.29, 1.82) is 0 Å². The van der Waals surface area contributed by atoms with E-state index >= 15 is 0 Å². The van der Waals surface area contributed by atoms with Gasteiger partial charge < -0.3 is 5.73 Å². The third kappa shape index (κ3) is 0.829. The van der Waals surface area contributed by atoms with E-state index in [4.69, 9.17) is 5.73 Å². The Bertz CT molecular complexity index is 86.2. The van der Waals surface area contributed by atoms with Gasteiger partial charge in [-0.15, -0.1) is 0 Å². The van der Waals surface area contributed by atoms with Crippen molar-refractivity contribution in [3.05, 3.63) is 12.2 Å². The highest BCUT2D eigenvalue weighted by molar-refractivity contribution is 5.01. The average Bonchev–Trinajstić information content (AvgIpc) is 1.91. The molecule has 2 atom stereocenters. The fraction of sp³-hybridized carbons (Fsp3) is 0.667. The lowest BCUT2D eigenvalue weighted by Crippen LogP contribution is -2.22. The monoisotopic (exact) mass is 97.1 g/mol. The summed E-state index contributed by atoms with van der Waals surface area (Å²) in [6.07, 6.45) is 5.39. The second-order valence-corrected chi connectivity index (χ2v) is 2.19. The summed E-state index contributed by atoms with van der Waals surface area (Å²) in [7, 11) is 0. The van der Waals surface area contributed by atoms with E-state index in [1.807, 2.05) is 0 Å². The van der Waals surface area contributed by atoms with Crippen LogP contribution >= 0.6 is 0 Å². The maximum Gasteiger partial charge on any atom is 0.0134 e. The number of nitrogens with two attached hydrogens (primary N) is 1. The van der Waals surface area contributed by atoms with E-state index < -0.39 is 0 Å². The van der Waals surface area contributed by atoms with E-state index in [0.29, 0.717) is 12.0 Å². The third-order valence-electron chi connectivity index (χ3n) is 1.52. The molecular weight excluding hydrogens is 86.1 g/mol. The Morgan fingerprint density at radius 1 is 1.71 bits per heavy atom. The molecule has 0 amide bonds. The Kier molecular flexibility index (Phi) is 1.15. The smallest absolute Gasteiger partial charge is 0.0134 e. The second-order valence-electron chi connectivity index (χ2n) is 2.19. The maximum absolute atomic E-state index is 5.62. The largest absolute Gasteiger partial charge is 0.327 e. The van der Waals surface area contributed by atoms with Crippen LogP contribution in [-0.2, 0) is 0 Å². The molecule has 40 valence electrons. The topological polar surface area (TPSA) is 26.0 Å². The molecule has 0 saturated carbocycles. The van der Waals surface area contributed by atoms with Gasteiger partial charge in [-0.2, -0.15) is 0 Å². The molecule has 0 heterocycles. The fourth-order valence-electron chi connectivity index (χ4n) is 0.808. The molecule has 2 unspecified atom stereocenters. The molecule has 0 aromatic heterocycles. The fourth-order valence-corrected chi connectivity index (χ4v) is 0.808. The van der Waals surface area contributed by atoms with E-state index in [1.54, 1.807) is 0 Å². The first-order chi connectivity index (χ1) is 3.30.